The highest BCUT2D eigenvalue weighted by Crippen LogP contribution is 2.28. The van der Waals surface area contributed by atoms with E-state index in [9.17, 15) is 9.59 Å². The van der Waals surface area contributed by atoms with Gasteiger partial charge < -0.3 is 4.90 Å². The fourth-order valence-corrected chi connectivity index (χ4v) is 3.80. The number of hydrazone groups is 1. The van der Waals surface area contributed by atoms with Crippen LogP contribution in [0.4, 0.5) is 5.69 Å². The lowest BCUT2D eigenvalue weighted by Crippen LogP contribution is -2.43. The first-order valence-corrected chi connectivity index (χ1v) is 9.19. The molecule has 2 aliphatic heterocycles. The van der Waals surface area contributed by atoms with Crippen LogP contribution in [-0.4, -0.2) is 35.0 Å². The Hall–Kier alpha value is -2.17. The van der Waals surface area contributed by atoms with Crippen LogP contribution in [0.25, 0.3) is 0 Å². The maximum absolute atomic E-state index is 13.0. The van der Waals surface area contributed by atoms with E-state index in [0.717, 1.165) is 36.2 Å². The molecule has 1 aromatic carbocycles. The zero-order valence-electron chi connectivity index (χ0n) is 15.6. The topological polar surface area (TPSA) is 53.0 Å². The molecule has 0 aliphatic carbocycles. The van der Waals surface area contributed by atoms with E-state index in [0.29, 0.717) is 24.5 Å². The summed E-state index contributed by atoms with van der Waals surface area (Å²) in [6.07, 6.45) is 2.77. The summed E-state index contributed by atoms with van der Waals surface area (Å²) in [5, 5.41) is 5.91. The lowest BCUT2D eigenvalue weighted by Gasteiger charge is -2.28. The van der Waals surface area contributed by atoms with Gasteiger partial charge in [-0.1, -0.05) is 26.0 Å². The van der Waals surface area contributed by atoms with Gasteiger partial charge in [0.25, 0.3) is 5.91 Å². The van der Waals surface area contributed by atoms with E-state index in [1.807, 2.05) is 36.9 Å². The number of benzene rings is 1. The van der Waals surface area contributed by atoms with Gasteiger partial charge in [-0.3, -0.25) is 9.59 Å². The predicted octanol–water partition coefficient (Wildman–Crippen LogP) is 3.43. The van der Waals surface area contributed by atoms with E-state index in [-0.39, 0.29) is 17.9 Å². The number of amides is 2. The van der Waals surface area contributed by atoms with Gasteiger partial charge in [-0.05, 0) is 49.8 Å². The van der Waals surface area contributed by atoms with Crippen LogP contribution in [0.2, 0.25) is 0 Å². The summed E-state index contributed by atoms with van der Waals surface area (Å²) in [5.41, 5.74) is 3.34. The molecule has 1 saturated heterocycles. The normalized spacial score (nSPS) is 23.8. The summed E-state index contributed by atoms with van der Waals surface area (Å²) < 4.78 is 0. The highest BCUT2D eigenvalue weighted by molar-refractivity contribution is 6.40. The summed E-state index contributed by atoms with van der Waals surface area (Å²) >= 11 is 0. The third kappa shape index (κ3) is 3.46. The average Bonchev–Trinajstić information content (AvgIpc) is 2.98. The van der Waals surface area contributed by atoms with E-state index in [4.69, 9.17) is 0 Å². The molecule has 2 heterocycles. The third-order valence-electron chi connectivity index (χ3n) is 5.23. The zero-order chi connectivity index (χ0) is 18.1. The van der Waals surface area contributed by atoms with Gasteiger partial charge >= 0.3 is 0 Å². The number of rotatable bonds is 3. The average molecular weight is 341 g/mol. The largest absolute Gasteiger partial charge is 0.334 e. The van der Waals surface area contributed by atoms with Crippen molar-refractivity contribution in [3.63, 3.8) is 0 Å². The number of hydrogen-bond acceptors (Lipinski definition) is 3. The van der Waals surface area contributed by atoms with Crippen molar-refractivity contribution in [1.82, 2.24) is 4.90 Å². The van der Waals surface area contributed by atoms with Crippen molar-refractivity contribution in [2.75, 3.05) is 11.6 Å². The van der Waals surface area contributed by atoms with Crippen molar-refractivity contribution in [2.45, 2.75) is 59.4 Å². The van der Waals surface area contributed by atoms with Gasteiger partial charge in [-0.2, -0.15) is 5.10 Å². The zero-order valence-corrected chi connectivity index (χ0v) is 15.6. The first-order chi connectivity index (χ1) is 11.9. The number of anilines is 1. The van der Waals surface area contributed by atoms with Crippen molar-refractivity contribution in [3.05, 3.63) is 29.3 Å². The summed E-state index contributed by atoms with van der Waals surface area (Å²) in [5.74, 6) is 0.473. The van der Waals surface area contributed by atoms with Crippen LogP contribution in [0, 0.1) is 19.8 Å². The van der Waals surface area contributed by atoms with Crippen LogP contribution in [-0.2, 0) is 9.59 Å². The van der Waals surface area contributed by atoms with Crippen molar-refractivity contribution in [2.24, 2.45) is 11.0 Å². The maximum atomic E-state index is 13.0. The molecule has 25 heavy (non-hydrogen) atoms. The molecular formula is C20H27N3O2. The minimum Gasteiger partial charge on any atom is -0.334 e. The van der Waals surface area contributed by atoms with Gasteiger partial charge in [-0.15, -0.1) is 0 Å². The molecule has 134 valence electrons. The molecule has 0 spiro atoms. The third-order valence-corrected chi connectivity index (χ3v) is 5.23. The Kier molecular flexibility index (Phi) is 4.93. The first kappa shape index (κ1) is 17.6. The van der Waals surface area contributed by atoms with E-state index < -0.39 is 0 Å². The molecule has 0 bridgehead atoms. The van der Waals surface area contributed by atoms with Crippen molar-refractivity contribution in [1.29, 1.82) is 0 Å². The molecule has 0 radical (unpaired) electrons. The molecule has 5 heteroatoms. The van der Waals surface area contributed by atoms with Crippen LogP contribution in [0.3, 0.4) is 0 Å². The molecule has 1 aromatic rings. The quantitative estimate of drug-likeness (QED) is 0.846. The fourth-order valence-electron chi connectivity index (χ4n) is 3.80. The monoisotopic (exact) mass is 341 g/mol. The molecule has 0 N–H and O–H groups in total. The molecule has 5 nitrogen and oxygen atoms in total. The van der Waals surface area contributed by atoms with Crippen LogP contribution in [0.15, 0.2) is 23.3 Å². The van der Waals surface area contributed by atoms with Crippen molar-refractivity contribution < 1.29 is 9.59 Å². The summed E-state index contributed by atoms with van der Waals surface area (Å²) in [6, 6.07) is 6.24. The first-order valence-electron chi connectivity index (χ1n) is 9.19. The van der Waals surface area contributed by atoms with Gasteiger partial charge in [0.05, 0.1) is 5.69 Å². The fraction of sp³-hybridized carbons (Fsp3) is 0.550. The van der Waals surface area contributed by atoms with Gasteiger partial charge in [0.1, 0.15) is 5.71 Å². The maximum Gasteiger partial charge on any atom is 0.270 e. The number of carbonyl (C=O) groups excluding carboxylic acids is 2. The molecule has 1 fully saturated rings. The Morgan fingerprint density at radius 1 is 1.28 bits per heavy atom. The van der Waals surface area contributed by atoms with Gasteiger partial charge in [0, 0.05) is 25.4 Å². The number of aryl methyl sites for hydroxylation is 2. The highest BCUT2D eigenvalue weighted by Gasteiger charge is 2.36. The SMILES string of the molecule is CCC1CC(C)CN1C(=O)C1=NN(c2cc(C)ccc2C)C(=O)CC1. The molecular weight excluding hydrogens is 314 g/mol. The van der Waals surface area contributed by atoms with Gasteiger partial charge in [0.2, 0.25) is 5.91 Å². The Morgan fingerprint density at radius 3 is 2.76 bits per heavy atom. The Balaban J connectivity index is 1.90. The second-order valence-electron chi connectivity index (χ2n) is 7.40. The molecule has 2 atom stereocenters. The van der Waals surface area contributed by atoms with E-state index in [1.165, 1.54) is 5.01 Å². The molecule has 3 rings (SSSR count). The lowest BCUT2D eigenvalue weighted by molar-refractivity contribution is -0.125. The number of hydrogen-bond donors (Lipinski definition) is 0. The minimum absolute atomic E-state index is 0.000920. The van der Waals surface area contributed by atoms with E-state index >= 15 is 0 Å². The van der Waals surface area contributed by atoms with Crippen LogP contribution in [0.5, 0.6) is 0 Å². The number of likely N-dealkylation sites (tertiary alicyclic amines) is 1. The minimum atomic E-state index is -0.0490. The Bertz CT molecular complexity index is 726. The van der Waals surface area contributed by atoms with E-state index in [2.05, 4.69) is 18.9 Å². The van der Waals surface area contributed by atoms with Gasteiger partial charge in [0.15, 0.2) is 0 Å². The second-order valence-corrected chi connectivity index (χ2v) is 7.40. The molecule has 2 aliphatic rings. The molecule has 0 aromatic heterocycles. The number of nitrogens with zero attached hydrogens (tertiary/aromatic N) is 3. The van der Waals surface area contributed by atoms with Crippen molar-refractivity contribution in [3.8, 4) is 0 Å². The molecule has 0 saturated carbocycles. The predicted molar refractivity (Wildman–Crippen MR) is 99.6 cm³/mol. The van der Waals surface area contributed by atoms with E-state index in [1.54, 1.807) is 0 Å². The summed E-state index contributed by atoms with van der Waals surface area (Å²) in [4.78, 5) is 27.4. The van der Waals surface area contributed by atoms with Gasteiger partial charge in [-0.25, -0.2) is 5.01 Å². The highest BCUT2D eigenvalue weighted by atomic mass is 16.2. The molecule has 2 unspecified atom stereocenters. The van der Waals surface area contributed by atoms with Crippen LogP contribution in [0.1, 0.15) is 50.7 Å². The molecule has 2 amide bonds. The standard InChI is InChI=1S/C20H27N3O2/c1-5-16-10-14(3)12-22(16)20(25)17-8-9-19(24)23(21-17)18-11-13(2)6-7-15(18)4/h6-7,11,14,16H,5,8-10,12H2,1-4H3. The van der Waals surface area contributed by atoms with Crippen LogP contribution < -0.4 is 5.01 Å². The van der Waals surface area contributed by atoms with Crippen molar-refractivity contribution >= 4 is 23.2 Å². The second kappa shape index (κ2) is 6.98. The smallest absolute Gasteiger partial charge is 0.270 e. The Morgan fingerprint density at radius 2 is 2.04 bits per heavy atom. The van der Waals surface area contributed by atoms with Crippen LogP contribution >= 0.6 is 0 Å². The summed E-state index contributed by atoms with van der Waals surface area (Å²) in [7, 11) is 0. The lowest BCUT2D eigenvalue weighted by atomic mass is 10.1. The Labute approximate surface area is 149 Å². The summed E-state index contributed by atoms with van der Waals surface area (Å²) in [6.45, 7) is 9.05. The number of carbonyl (C=O) groups is 2.